The first-order chi connectivity index (χ1) is 10.0. The molecule has 0 saturated heterocycles. The summed E-state index contributed by atoms with van der Waals surface area (Å²) in [6.07, 6.45) is -2.46. The van der Waals surface area contributed by atoms with E-state index >= 15 is 0 Å². The summed E-state index contributed by atoms with van der Waals surface area (Å²) < 4.78 is 34.5. The molecule has 0 heterocycles. The van der Waals surface area contributed by atoms with Crippen molar-refractivity contribution in [3.05, 3.63) is 65.5 Å². The van der Waals surface area contributed by atoms with E-state index in [1.165, 1.54) is 31.4 Å². The van der Waals surface area contributed by atoms with Crippen molar-refractivity contribution in [3.8, 4) is 5.75 Å². The average molecular weight is 260 g/mol. The molecule has 0 N–H and O–H groups in total. The van der Waals surface area contributed by atoms with E-state index in [1.54, 1.807) is 24.3 Å². The van der Waals surface area contributed by atoms with E-state index in [0.717, 1.165) is 0 Å². The summed E-state index contributed by atoms with van der Waals surface area (Å²) in [4.78, 5) is 12.1. The highest BCUT2D eigenvalue weighted by atomic mass is 19.1. The van der Waals surface area contributed by atoms with Crippen molar-refractivity contribution in [3.63, 3.8) is 0 Å². The summed E-state index contributed by atoms with van der Waals surface area (Å²) in [5.74, 6) is -0.724. The first-order valence-corrected chi connectivity index (χ1v) is 5.81. The second kappa shape index (κ2) is 6.14. The van der Waals surface area contributed by atoms with Crippen LogP contribution >= 0.6 is 0 Å². The zero-order valence-electron chi connectivity index (χ0n) is 12.5. The second-order valence-corrected chi connectivity index (χ2v) is 3.95. The lowest BCUT2D eigenvalue weighted by molar-refractivity contribution is 0.0979. The highest BCUT2D eigenvalue weighted by Crippen LogP contribution is 2.15. The number of ether oxygens (including phenoxy) is 1. The first-order valence-electron chi connectivity index (χ1n) is 6.97. The van der Waals surface area contributed by atoms with Crippen molar-refractivity contribution in [1.82, 2.24) is 0 Å². The molecule has 2 aromatic rings. The van der Waals surface area contributed by atoms with Gasteiger partial charge in [-0.1, -0.05) is 24.3 Å². The summed E-state index contributed by atoms with van der Waals surface area (Å²) >= 11 is 0. The lowest BCUT2D eigenvalue weighted by Gasteiger charge is -2.04. The van der Waals surface area contributed by atoms with Crippen LogP contribution in [0.5, 0.6) is 5.75 Å². The van der Waals surface area contributed by atoms with E-state index in [9.17, 15) is 9.18 Å². The van der Waals surface area contributed by atoms with Gasteiger partial charge in [-0.2, -0.15) is 0 Å². The summed E-state index contributed by atoms with van der Waals surface area (Å²) in [7, 11) is 1.53. The van der Waals surface area contributed by atoms with Gasteiger partial charge in [0, 0.05) is 9.14 Å². The van der Waals surface area contributed by atoms with Gasteiger partial charge in [-0.25, -0.2) is 4.39 Å². The lowest BCUT2D eigenvalue weighted by Crippen LogP contribution is -2.03. The number of carbonyl (C=O) groups is 1. The zero-order chi connectivity index (χ0) is 15.4. The molecule has 19 heavy (non-hydrogen) atoms. The van der Waals surface area contributed by atoms with Crippen LogP contribution in [0.3, 0.4) is 0 Å². The normalized spacial score (nSPS) is 15.1. The fourth-order valence-electron chi connectivity index (χ4n) is 1.64. The summed E-state index contributed by atoms with van der Waals surface area (Å²) in [6.45, 7) is 0. The Labute approximate surface area is 114 Å². The lowest BCUT2D eigenvalue weighted by atomic mass is 10.0. The number of aryl methyl sites for hydroxylation is 1. The molecule has 0 aromatic heterocycles. The van der Waals surface area contributed by atoms with Gasteiger partial charge < -0.3 is 4.74 Å². The molecule has 0 aliphatic carbocycles. The largest absolute Gasteiger partial charge is 0.497 e. The van der Waals surface area contributed by atoms with Crippen LogP contribution < -0.4 is 4.74 Å². The maximum absolute atomic E-state index is 13.6. The number of hydrogen-bond donors (Lipinski definition) is 0. The number of carbonyl (C=O) groups excluding carboxylic acids is 1. The fourth-order valence-corrected chi connectivity index (χ4v) is 1.64. The zero-order valence-corrected chi connectivity index (χ0v) is 10.5. The Kier molecular flexibility index (Phi) is 3.47. The Morgan fingerprint density at radius 2 is 1.89 bits per heavy atom. The number of hydrogen-bond acceptors (Lipinski definition) is 2. The van der Waals surface area contributed by atoms with Crippen molar-refractivity contribution in [2.24, 2.45) is 0 Å². The monoisotopic (exact) mass is 260 g/mol. The van der Waals surface area contributed by atoms with Gasteiger partial charge in [0.05, 0.1) is 12.7 Å². The minimum absolute atomic E-state index is 0.150. The summed E-state index contributed by atoms with van der Waals surface area (Å²) in [5.41, 5.74) is 0.365. The van der Waals surface area contributed by atoms with Crippen LogP contribution in [0.2, 0.25) is 0 Å². The Morgan fingerprint density at radius 3 is 2.53 bits per heavy atom. The Balaban J connectivity index is 2.20. The molecule has 0 bridgehead atoms. The predicted molar refractivity (Wildman–Crippen MR) is 72.0 cm³/mol. The Bertz CT molecular complexity index is 628. The van der Waals surface area contributed by atoms with Crippen molar-refractivity contribution in [2.75, 3.05) is 7.11 Å². The third kappa shape index (κ3) is 3.41. The van der Waals surface area contributed by atoms with Gasteiger partial charge in [0.15, 0.2) is 5.78 Å². The van der Waals surface area contributed by atoms with Crippen molar-refractivity contribution < 1.29 is 16.7 Å². The van der Waals surface area contributed by atoms with E-state index in [4.69, 9.17) is 7.48 Å². The molecule has 2 atom stereocenters. The molecule has 0 aliphatic heterocycles. The number of methoxy groups -OCH3 is 1. The van der Waals surface area contributed by atoms with E-state index in [1.807, 2.05) is 0 Å². The smallest absolute Gasteiger partial charge is 0.166 e. The van der Waals surface area contributed by atoms with Crippen molar-refractivity contribution in [2.45, 2.75) is 12.8 Å². The molecule has 2 aromatic carbocycles. The number of ketones is 1. The van der Waals surface area contributed by atoms with Crippen LogP contribution in [0.25, 0.3) is 0 Å². The number of halogens is 1. The van der Waals surface area contributed by atoms with Gasteiger partial charge in [0.25, 0.3) is 0 Å². The fraction of sp³-hybridized carbons (Fsp3) is 0.188. The van der Waals surface area contributed by atoms with E-state index < -0.39 is 24.4 Å². The predicted octanol–water partition coefficient (Wildman–Crippen LogP) is 3.65. The third-order valence-corrected chi connectivity index (χ3v) is 2.68. The summed E-state index contributed by atoms with van der Waals surface area (Å²) in [5, 5.41) is 0. The van der Waals surface area contributed by atoms with Gasteiger partial charge in [0.2, 0.25) is 0 Å². The van der Waals surface area contributed by atoms with Crippen molar-refractivity contribution in [1.29, 1.82) is 0 Å². The van der Waals surface area contributed by atoms with Gasteiger partial charge in [-0.15, -0.1) is 0 Å². The Morgan fingerprint density at radius 1 is 1.21 bits per heavy atom. The molecule has 3 heteroatoms. The molecule has 2 rings (SSSR count). The maximum atomic E-state index is 13.6. The third-order valence-electron chi connectivity index (χ3n) is 2.68. The van der Waals surface area contributed by atoms with Crippen LogP contribution in [-0.2, 0) is 6.40 Å². The van der Waals surface area contributed by atoms with Gasteiger partial charge in [-0.3, -0.25) is 4.79 Å². The van der Waals surface area contributed by atoms with Crippen LogP contribution in [0.1, 0.15) is 25.1 Å². The van der Waals surface area contributed by atoms with E-state index in [0.29, 0.717) is 11.3 Å². The van der Waals surface area contributed by atoms with Gasteiger partial charge in [0.1, 0.15) is 11.6 Å². The minimum atomic E-state index is -1.38. The standard InChI is InChI=1S/C16H15FO2/c1-19-13-9-6-12(7-10-13)8-11-16(18)14-4-2-3-5-15(14)17/h2-7,9-10H,8,11H2,1H3/i8D,11D. The average Bonchev–Trinajstić information content (AvgIpc) is 2.53. The minimum Gasteiger partial charge on any atom is -0.497 e. The van der Waals surface area contributed by atoms with Crippen LogP contribution in [0.15, 0.2) is 48.5 Å². The van der Waals surface area contributed by atoms with Gasteiger partial charge in [-0.05, 0) is 36.2 Å². The molecule has 0 amide bonds. The number of rotatable bonds is 5. The Hall–Kier alpha value is -2.16. The molecule has 0 aliphatic rings. The van der Waals surface area contributed by atoms with Crippen LogP contribution in [0.4, 0.5) is 4.39 Å². The molecule has 0 radical (unpaired) electrons. The SMILES string of the molecule is [2H]C(C(=O)c1ccccc1F)C([2H])c1ccc(OC)cc1. The molecule has 98 valence electrons. The quantitative estimate of drug-likeness (QED) is 0.767. The van der Waals surface area contributed by atoms with E-state index in [2.05, 4.69) is 0 Å². The molecule has 2 nitrogen and oxygen atoms in total. The highest BCUT2D eigenvalue weighted by molar-refractivity contribution is 5.96. The molecule has 0 saturated carbocycles. The molecule has 0 spiro atoms. The molecular formula is C16H15FO2. The van der Waals surface area contributed by atoms with Crippen LogP contribution in [-0.4, -0.2) is 12.9 Å². The summed E-state index contributed by atoms with van der Waals surface area (Å²) in [6, 6.07) is 12.1. The number of Topliss-reactive ketones (excluding diaryl/α,β-unsaturated/α-hetero) is 1. The number of benzene rings is 2. The topological polar surface area (TPSA) is 26.3 Å². The molecule has 2 unspecified atom stereocenters. The first kappa shape index (κ1) is 10.7. The van der Waals surface area contributed by atoms with Gasteiger partial charge >= 0.3 is 0 Å². The highest BCUT2D eigenvalue weighted by Gasteiger charge is 2.10. The molecule has 0 fully saturated rings. The molecular weight excluding hydrogens is 243 g/mol. The van der Waals surface area contributed by atoms with E-state index in [-0.39, 0.29) is 5.56 Å². The maximum Gasteiger partial charge on any atom is 0.166 e. The van der Waals surface area contributed by atoms with Crippen molar-refractivity contribution >= 4 is 5.78 Å². The second-order valence-electron chi connectivity index (χ2n) is 3.95. The van der Waals surface area contributed by atoms with Crippen LogP contribution in [0, 0.1) is 5.82 Å².